The van der Waals surface area contributed by atoms with Gasteiger partial charge in [-0.15, -0.1) is 0 Å². The second-order valence-corrected chi connectivity index (χ2v) is 9.39. The third-order valence-corrected chi connectivity index (χ3v) is 5.19. The van der Waals surface area contributed by atoms with Gasteiger partial charge in [-0.3, -0.25) is 8.42 Å². The maximum Gasteiger partial charge on any atom is 0.243 e. The Morgan fingerprint density at radius 1 is 0.636 bits per heavy atom. The van der Waals surface area contributed by atoms with Gasteiger partial charge in [-0.1, -0.05) is 65.2 Å². The number of unbranched alkanes of at least 4 members (excludes halogenated alkanes) is 10. The fourth-order valence-corrected chi connectivity index (χ4v) is 3.42. The maximum atomic E-state index is 8.52. The lowest BCUT2D eigenvalue weighted by atomic mass is 10.1. The number of hydrogen-bond acceptors (Lipinski definition) is 4. The van der Waals surface area contributed by atoms with Crippen molar-refractivity contribution in [2.45, 2.75) is 104 Å². The third-order valence-electron chi connectivity index (χ3n) is 5.19. The minimum Gasteiger partial charge on any atom is -0.759 e. The van der Waals surface area contributed by atoms with Gasteiger partial charge in [0.2, 0.25) is 12.7 Å². The fraction of sp³-hybridized carbons (Fsp3) is 0.750. The molecule has 0 aromatic carbocycles. The molecule has 2 aromatic rings. The number of aromatic nitrogens is 4. The molecular formula is C24H46N4O4S. The van der Waals surface area contributed by atoms with Gasteiger partial charge in [0.15, 0.2) is 0 Å². The number of imidazole rings is 2. The van der Waals surface area contributed by atoms with Crippen molar-refractivity contribution in [2.75, 3.05) is 0 Å². The average Bonchev–Trinajstić information content (AvgIpc) is 3.34. The quantitative estimate of drug-likeness (QED) is 0.174. The minimum atomic E-state index is -5.17. The first-order valence-electron chi connectivity index (χ1n) is 12.3. The zero-order valence-electron chi connectivity index (χ0n) is 21.2. The van der Waals surface area contributed by atoms with E-state index in [1.807, 2.05) is 0 Å². The van der Waals surface area contributed by atoms with Gasteiger partial charge in [0.25, 0.3) is 0 Å². The van der Waals surface area contributed by atoms with Crippen LogP contribution in [-0.4, -0.2) is 26.7 Å². The van der Waals surface area contributed by atoms with E-state index in [2.05, 4.69) is 83.7 Å². The molecule has 0 aliphatic carbocycles. The Labute approximate surface area is 201 Å². The topological polar surface area (TPSA) is 97.9 Å². The summed E-state index contributed by atoms with van der Waals surface area (Å²) in [5.41, 5.74) is 0. The van der Waals surface area contributed by atoms with Crippen LogP contribution in [0.4, 0.5) is 0 Å². The number of nitrogens with zero attached hydrogens (tertiary/aromatic N) is 4. The summed E-state index contributed by atoms with van der Waals surface area (Å²) >= 11 is 0. The van der Waals surface area contributed by atoms with E-state index in [1.54, 1.807) is 0 Å². The molecule has 8 nitrogen and oxygen atoms in total. The molecular weight excluding hydrogens is 440 g/mol. The van der Waals surface area contributed by atoms with Crippen LogP contribution in [0.3, 0.4) is 0 Å². The normalized spacial score (nSPS) is 10.8. The van der Waals surface area contributed by atoms with Crippen LogP contribution < -0.4 is 9.13 Å². The summed E-state index contributed by atoms with van der Waals surface area (Å²) in [7, 11) is -1.03. The molecule has 0 radical (unpaired) electrons. The summed E-state index contributed by atoms with van der Waals surface area (Å²) in [6, 6.07) is 0. The van der Waals surface area contributed by atoms with Crippen LogP contribution in [-0.2, 0) is 37.6 Å². The highest BCUT2D eigenvalue weighted by atomic mass is 32.3. The molecule has 0 aliphatic heterocycles. The van der Waals surface area contributed by atoms with Crippen molar-refractivity contribution in [2.24, 2.45) is 14.1 Å². The van der Waals surface area contributed by atoms with E-state index in [1.165, 1.54) is 90.1 Å². The van der Waals surface area contributed by atoms with E-state index in [9.17, 15) is 0 Å². The lowest BCUT2D eigenvalue weighted by molar-refractivity contribution is -0.671. The van der Waals surface area contributed by atoms with E-state index in [0.717, 1.165) is 0 Å². The second kappa shape index (κ2) is 19.7. The molecule has 2 aromatic heterocycles. The largest absolute Gasteiger partial charge is 0.759 e. The predicted octanol–water partition coefficient (Wildman–Crippen LogP) is 4.01. The molecule has 0 atom stereocenters. The standard InChI is InChI=1S/2C12H23N2.H2O4S/c2*1-3-4-5-6-7-8-9-14-11-10-13(2)12-14;1-5(2,3)4/h2*10-12H,3-9H2,1-2H3;(H2,1,2,3,4)/q2*+1;/p-2. The van der Waals surface area contributed by atoms with Crippen molar-refractivity contribution in [1.82, 2.24) is 9.13 Å². The monoisotopic (exact) mass is 486 g/mol. The molecule has 33 heavy (non-hydrogen) atoms. The molecule has 0 N–H and O–H groups in total. The van der Waals surface area contributed by atoms with Crippen LogP contribution in [0.5, 0.6) is 0 Å². The Hall–Kier alpha value is -1.71. The molecule has 0 fully saturated rings. The Morgan fingerprint density at radius 2 is 0.939 bits per heavy atom. The number of rotatable bonds is 14. The van der Waals surface area contributed by atoms with Gasteiger partial charge in [0, 0.05) is 10.4 Å². The molecule has 2 heterocycles. The highest BCUT2D eigenvalue weighted by Crippen LogP contribution is 2.06. The first kappa shape index (κ1) is 31.3. The molecule has 0 spiro atoms. The molecule has 9 heteroatoms. The molecule has 192 valence electrons. The first-order chi connectivity index (χ1) is 15.7. The Kier molecular flexibility index (Phi) is 18.7. The van der Waals surface area contributed by atoms with Crippen molar-refractivity contribution >= 4 is 10.4 Å². The zero-order valence-corrected chi connectivity index (χ0v) is 22.0. The highest BCUT2D eigenvalue weighted by Gasteiger charge is 1.99. The van der Waals surface area contributed by atoms with Crippen molar-refractivity contribution in [3.05, 3.63) is 37.4 Å². The molecule has 0 amide bonds. The second-order valence-electron chi connectivity index (χ2n) is 8.58. The lowest BCUT2D eigenvalue weighted by Gasteiger charge is -2.06. The van der Waals surface area contributed by atoms with Crippen molar-refractivity contribution < 1.29 is 26.7 Å². The van der Waals surface area contributed by atoms with Crippen molar-refractivity contribution in [3.8, 4) is 0 Å². The highest BCUT2D eigenvalue weighted by molar-refractivity contribution is 7.79. The smallest absolute Gasteiger partial charge is 0.243 e. The summed E-state index contributed by atoms with van der Waals surface area (Å²) in [6.45, 7) is 6.87. The van der Waals surface area contributed by atoms with E-state index in [0.29, 0.717) is 0 Å². The van der Waals surface area contributed by atoms with Crippen LogP contribution in [0.1, 0.15) is 90.9 Å². The molecule has 0 bridgehead atoms. The molecule has 0 saturated carbocycles. The van der Waals surface area contributed by atoms with Crippen LogP contribution in [0.25, 0.3) is 0 Å². The van der Waals surface area contributed by atoms with Crippen LogP contribution in [0, 0.1) is 0 Å². The Balaban J connectivity index is 0.000000517. The van der Waals surface area contributed by atoms with Gasteiger partial charge in [-0.05, 0) is 25.7 Å². The van der Waals surface area contributed by atoms with Crippen LogP contribution in [0.2, 0.25) is 0 Å². The SMILES string of the molecule is CCCCCCCCn1cc[n+](C)c1.CCCCCCCCn1cc[n+](C)c1.O=S(=O)([O-])[O-]. The molecule has 0 unspecified atom stereocenters. The van der Waals surface area contributed by atoms with Gasteiger partial charge in [-0.25, -0.2) is 18.3 Å². The third kappa shape index (κ3) is 23.3. The van der Waals surface area contributed by atoms with Gasteiger partial charge < -0.3 is 9.11 Å². The van der Waals surface area contributed by atoms with Crippen LogP contribution >= 0.6 is 0 Å². The Morgan fingerprint density at radius 3 is 1.21 bits per heavy atom. The first-order valence-corrected chi connectivity index (χ1v) is 13.7. The summed E-state index contributed by atoms with van der Waals surface area (Å²) in [4.78, 5) is 0. The summed E-state index contributed by atoms with van der Waals surface area (Å²) in [6.07, 6.45) is 29.3. The molecule has 2 rings (SSSR count). The number of hydrogen-bond donors (Lipinski definition) is 0. The summed E-state index contributed by atoms with van der Waals surface area (Å²) in [5, 5.41) is 0. The zero-order chi connectivity index (χ0) is 25.0. The van der Waals surface area contributed by atoms with Gasteiger partial charge in [-0.2, -0.15) is 0 Å². The number of aryl methyl sites for hydroxylation is 4. The molecule has 0 aliphatic rings. The summed E-state index contributed by atoms with van der Waals surface area (Å²) in [5.74, 6) is 0. The lowest BCUT2D eigenvalue weighted by Crippen LogP contribution is -2.23. The van der Waals surface area contributed by atoms with Gasteiger partial charge >= 0.3 is 0 Å². The van der Waals surface area contributed by atoms with E-state index >= 15 is 0 Å². The minimum absolute atomic E-state index is 1.17. The van der Waals surface area contributed by atoms with Crippen molar-refractivity contribution in [3.63, 3.8) is 0 Å². The van der Waals surface area contributed by atoms with Crippen LogP contribution in [0.15, 0.2) is 37.4 Å². The molecule has 0 saturated heterocycles. The van der Waals surface area contributed by atoms with E-state index in [4.69, 9.17) is 17.5 Å². The van der Waals surface area contributed by atoms with Gasteiger partial charge in [0.1, 0.15) is 24.8 Å². The predicted molar refractivity (Wildman–Crippen MR) is 128 cm³/mol. The Bertz CT molecular complexity index is 743. The van der Waals surface area contributed by atoms with E-state index < -0.39 is 10.4 Å². The fourth-order valence-electron chi connectivity index (χ4n) is 3.42. The van der Waals surface area contributed by atoms with E-state index in [-0.39, 0.29) is 0 Å². The van der Waals surface area contributed by atoms with Crippen molar-refractivity contribution in [1.29, 1.82) is 0 Å². The van der Waals surface area contributed by atoms with Gasteiger partial charge in [0.05, 0.1) is 27.2 Å². The average molecular weight is 487 g/mol. The maximum absolute atomic E-state index is 8.52. The summed E-state index contributed by atoms with van der Waals surface area (Å²) < 4.78 is 42.8.